The summed E-state index contributed by atoms with van der Waals surface area (Å²) in [6, 6.07) is 12.1. The fourth-order valence-electron chi connectivity index (χ4n) is 4.85. The molecule has 2 saturated heterocycles. The molecule has 1 amide bonds. The van der Waals surface area contributed by atoms with Gasteiger partial charge in [0.15, 0.2) is 0 Å². The highest BCUT2D eigenvalue weighted by Gasteiger charge is 2.25. The van der Waals surface area contributed by atoms with Crippen molar-refractivity contribution in [2.75, 3.05) is 43.4 Å². The van der Waals surface area contributed by atoms with Gasteiger partial charge >= 0.3 is 6.09 Å². The van der Waals surface area contributed by atoms with Gasteiger partial charge in [-0.3, -0.25) is 0 Å². The summed E-state index contributed by atoms with van der Waals surface area (Å²) in [5.41, 5.74) is 6.58. The Balaban J connectivity index is 1.12. The van der Waals surface area contributed by atoms with Crippen LogP contribution in [-0.4, -0.2) is 49.8 Å². The van der Waals surface area contributed by atoms with Crippen molar-refractivity contribution < 1.29 is 18.3 Å². The van der Waals surface area contributed by atoms with Crippen LogP contribution >= 0.6 is 0 Å². The molecule has 0 radical (unpaired) electrons. The molecule has 0 bridgehead atoms. The van der Waals surface area contributed by atoms with Gasteiger partial charge < -0.3 is 25.6 Å². The average molecular weight is 473 g/mol. The number of benzene rings is 2. The van der Waals surface area contributed by atoms with E-state index in [-0.39, 0.29) is 24.4 Å². The monoisotopic (exact) mass is 472 g/mol. The second kappa shape index (κ2) is 11.5. The van der Waals surface area contributed by atoms with Crippen molar-refractivity contribution in [1.82, 2.24) is 10.2 Å². The number of likely N-dealkylation sites (tertiary alicyclic amines) is 1. The molecule has 0 saturated carbocycles. The number of anilines is 2. The van der Waals surface area contributed by atoms with Crippen molar-refractivity contribution in [2.24, 2.45) is 5.92 Å². The summed E-state index contributed by atoms with van der Waals surface area (Å²) in [6.45, 7) is 4.67. The van der Waals surface area contributed by atoms with Gasteiger partial charge in [-0.15, -0.1) is 0 Å². The Hall–Kier alpha value is -2.87. The maximum absolute atomic E-state index is 14.2. The Labute approximate surface area is 200 Å². The number of nitrogen functional groups attached to an aromatic ring is 1. The van der Waals surface area contributed by atoms with Crippen molar-refractivity contribution in [3.8, 4) is 0 Å². The lowest BCUT2D eigenvalue weighted by Crippen LogP contribution is -2.45. The van der Waals surface area contributed by atoms with Crippen LogP contribution in [0.25, 0.3) is 0 Å². The highest BCUT2D eigenvalue weighted by Crippen LogP contribution is 2.30. The first-order chi connectivity index (χ1) is 16.5. The summed E-state index contributed by atoms with van der Waals surface area (Å²) >= 11 is 0. The lowest BCUT2D eigenvalue weighted by Gasteiger charge is -2.36. The van der Waals surface area contributed by atoms with Gasteiger partial charge in [-0.2, -0.15) is 0 Å². The van der Waals surface area contributed by atoms with Crippen LogP contribution < -0.4 is 16.0 Å². The molecule has 8 heteroatoms. The first-order valence-electron chi connectivity index (χ1n) is 12.2. The van der Waals surface area contributed by atoms with Gasteiger partial charge in [-0.25, -0.2) is 13.6 Å². The van der Waals surface area contributed by atoms with E-state index >= 15 is 0 Å². The third-order valence-corrected chi connectivity index (χ3v) is 7.00. The Morgan fingerprint density at radius 2 is 1.71 bits per heavy atom. The molecule has 0 aliphatic carbocycles. The number of carbonyl (C=O) groups is 1. The molecule has 0 spiro atoms. The van der Waals surface area contributed by atoms with Crippen LogP contribution in [0.1, 0.15) is 37.7 Å². The van der Waals surface area contributed by atoms with Crippen LogP contribution in [0.4, 0.5) is 25.0 Å². The molecule has 2 heterocycles. The number of alkyl carbamates (subject to hydrolysis) is 1. The molecule has 4 rings (SSSR count). The minimum absolute atomic E-state index is 0.151. The molecule has 3 N–H and O–H groups in total. The van der Waals surface area contributed by atoms with E-state index in [0.717, 1.165) is 76.5 Å². The fourth-order valence-corrected chi connectivity index (χ4v) is 4.85. The zero-order valence-electron chi connectivity index (χ0n) is 19.5. The number of carbonyl (C=O) groups excluding carboxylic acids is 1. The van der Waals surface area contributed by atoms with Crippen molar-refractivity contribution >= 4 is 17.5 Å². The van der Waals surface area contributed by atoms with Crippen molar-refractivity contribution in [3.63, 3.8) is 0 Å². The van der Waals surface area contributed by atoms with E-state index in [2.05, 4.69) is 10.2 Å². The summed E-state index contributed by atoms with van der Waals surface area (Å²) in [5, 5.41) is 2.99. The third kappa shape index (κ3) is 6.59. The lowest BCUT2D eigenvalue weighted by molar-refractivity contribution is 0.125. The molecule has 184 valence electrons. The number of nitrogens with one attached hydrogen (secondary N) is 1. The van der Waals surface area contributed by atoms with Gasteiger partial charge in [-0.1, -0.05) is 30.3 Å². The number of amides is 1. The predicted molar refractivity (Wildman–Crippen MR) is 130 cm³/mol. The van der Waals surface area contributed by atoms with E-state index in [0.29, 0.717) is 11.6 Å². The molecule has 2 aromatic carbocycles. The van der Waals surface area contributed by atoms with Gasteiger partial charge in [-0.05, 0) is 50.1 Å². The molecular formula is C26H34F2N4O2. The molecule has 34 heavy (non-hydrogen) atoms. The van der Waals surface area contributed by atoms with Crippen LogP contribution in [0.5, 0.6) is 0 Å². The van der Waals surface area contributed by atoms with E-state index < -0.39 is 11.6 Å². The SMILES string of the molecule is Nc1cc(F)c(N2CCC(CCN3CCC(NC(=O)OCc4ccccc4)CC3)CC2)cc1F. The fraction of sp³-hybridized carbons (Fsp3) is 0.500. The molecule has 0 unspecified atom stereocenters. The number of rotatable bonds is 7. The van der Waals surface area contributed by atoms with E-state index in [1.165, 1.54) is 6.07 Å². The topological polar surface area (TPSA) is 70.8 Å². The van der Waals surface area contributed by atoms with Crippen molar-refractivity contribution in [2.45, 2.75) is 44.8 Å². The van der Waals surface area contributed by atoms with Gasteiger partial charge in [0.1, 0.15) is 18.2 Å². The number of halogens is 2. The Morgan fingerprint density at radius 1 is 1.00 bits per heavy atom. The zero-order chi connectivity index (χ0) is 23.9. The molecule has 2 aliphatic rings. The average Bonchev–Trinajstić information content (AvgIpc) is 2.86. The third-order valence-electron chi connectivity index (χ3n) is 7.00. The summed E-state index contributed by atoms with van der Waals surface area (Å²) in [5.74, 6) is -0.444. The van der Waals surface area contributed by atoms with E-state index in [4.69, 9.17) is 10.5 Å². The van der Waals surface area contributed by atoms with E-state index in [1.54, 1.807) is 0 Å². The van der Waals surface area contributed by atoms with E-state index in [9.17, 15) is 13.6 Å². The minimum Gasteiger partial charge on any atom is -0.445 e. The first kappa shape index (κ1) is 24.3. The normalized spacial score (nSPS) is 18.1. The zero-order valence-corrected chi connectivity index (χ0v) is 19.5. The highest BCUT2D eigenvalue weighted by atomic mass is 19.1. The molecule has 2 aromatic rings. The Kier molecular flexibility index (Phi) is 8.21. The van der Waals surface area contributed by atoms with Crippen LogP contribution in [0.3, 0.4) is 0 Å². The summed E-state index contributed by atoms with van der Waals surface area (Å²) < 4.78 is 33.3. The Morgan fingerprint density at radius 3 is 2.41 bits per heavy atom. The summed E-state index contributed by atoms with van der Waals surface area (Å²) in [6.07, 6.45) is 4.52. The van der Waals surface area contributed by atoms with Crippen LogP contribution in [-0.2, 0) is 11.3 Å². The molecule has 2 fully saturated rings. The number of nitrogens with two attached hydrogens (primary N) is 1. The smallest absolute Gasteiger partial charge is 0.407 e. The Bertz CT molecular complexity index is 943. The minimum atomic E-state index is -0.569. The van der Waals surface area contributed by atoms with Crippen LogP contribution in [0.15, 0.2) is 42.5 Å². The summed E-state index contributed by atoms with van der Waals surface area (Å²) in [7, 11) is 0. The standard InChI is InChI=1S/C26H34F2N4O2/c27-22-17-25(23(28)16-24(22)29)32-14-7-19(8-15-32)6-11-31-12-9-21(10-13-31)30-26(33)34-18-20-4-2-1-3-5-20/h1-5,16-17,19,21H,6-15,18,29H2,(H,30,33). The van der Waals surface area contributed by atoms with Gasteiger partial charge in [0.25, 0.3) is 0 Å². The second-order valence-electron chi connectivity index (χ2n) is 9.37. The van der Waals surface area contributed by atoms with Crippen molar-refractivity contribution in [3.05, 3.63) is 59.7 Å². The molecule has 6 nitrogen and oxygen atoms in total. The van der Waals surface area contributed by atoms with Gasteiger partial charge in [0, 0.05) is 44.4 Å². The molecule has 0 aromatic heterocycles. The number of hydrogen-bond acceptors (Lipinski definition) is 5. The predicted octanol–water partition coefficient (Wildman–Crippen LogP) is 4.54. The number of hydrogen-bond donors (Lipinski definition) is 2. The number of nitrogens with zero attached hydrogens (tertiary/aromatic N) is 2. The highest BCUT2D eigenvalue weighted by molar-refractivity contribution is 5.67. The van der Waals surface area contributed by atoms with Crippen molar-refractivity contribution in [1.29, 1.82) is 0 Å². The van der Waals surface area contributed by atoms with Gasteiger partial charge in [0.2, 0.25) is 0 Å². The van der Waals surface area contributed by atoms with Crippen LogP contribution in [0, 0.1) is 17.6 Å². The van der Waals surface area contributed by atoms with E-state index in [1.807, 2.05) is 35.2 Å². The maximum Gasteiger partial charge on any atom is 0.407 e. The lowest BCUT2D eigenvalue weighted by atomic mass is 9.92. The summed E-state index contributed by atoms with van der Waals surface area (Å²) in [4.78, 5) is 16.5. The number of ether oxygens (including phenoxy) is 1. The molecule has 0 atom stereocenters. The number of piperidine rings is 2. The van der Waals surface area contributed by atoms with Gasteiger partial charge in [0.05, 0.1) is 11.4 Å². The molecular weight excluding hydrogens is 438 g/mol. The first-order valence-corrected chi connectivity index (χ1v) is 12.2. The second-order valence-corrected chi connectivity index (χ2v) is 9.37. The maximum atomic E-state index is 14.2. The largest absolute Gasteiger partial charge is 0.445 e. The quantitative estimate of drug-likeness (QED) is 0.579. The molecule has 2 aliphatic heterocycles. The van der Waals surface area contributed by atoms with Crippen LogP contribution in [0.2, 0.25) is 0 Å².